The minimum absolute atomic E-state index is 0.471. The third kappa shape index (κ3) is 30.6. The van der Waals surface area contributed by atoms with Crippen LogP contribution in [0.1, 0.15) is 78.6 Å². The van der Waals surface area contributed by atoms with E-state index >= 15 is 0 Å². The molecule has 0 spiro atoms. The van der Waals surface area contributed by atoms with Gasteiger partial charge in [0.15, 0.2) is 0 Å². The molecule has 5 nitrogen and oxygen atoms in total. The number of hydrogen-bond acceptors (Lipinski definition) is 9. The summed E-state index contributed by atoms with van der Waals surface area (Å²) in [6, 6.07) is 0. The van der Waals surface area contributed by atoms with Crippen molar-refractivity contribution < 1.29 is 24.0 Å². The van der Waals surface area contributed by atoms with Crippen molar-refractivity contribution in [3.05, 3.63) is 0 Å². The molecule has 0 aromatic carbocycles. The van der Waals surface area contributed by atoms with E-state index in [1.165, 1.54) is 47.7 Å². The average molecular weight is 455 g/mol. The molecule has 0 unspecified atom stereocenters. The van der Waals surface area contributed by atoms with E-state index in [1.807, 2.05) is 10.8 Å². The Labute approximate surface area is 171 Å². The van der Waals surface area contributed by atoms with Gasteiger partial charge in [-0.3, -0.25) is 0 Å². The second-order valence-corrected chi connectivity index (χ2v) is 10.9. The van der Waals surface area contributed by atoms with Crippen molar-refractivity contribution in [1.29, 1.82) is 0 Å². The lowest BCUT2D eigenvalue weighted by Crippen LogP contribution is -1.98. The second kappa shape index (κ2) is 27.8. The average Bonchev–Trinajstić information content (AvgIpc) is 2.62. The third-order valence-corrected chi connectivity index (χ3v) is 7.99. The van der Waals surface area contributed by atoms with Crippen LogP contribution in [0.4, 0.5) is 0 Å². The summed E-state index contributed by atoms with van der Waals surface area (Å²) in [5, 5.41) is 0. The monoisotopic (exact) mass is 454 g/mol. The molecule has 0 rings (SSSR count). The summed E-state index contributed by atoms with van der Waals surface area (Å²) in [5.41, 5.74) is 0. The lowest BCUT2D eigenvalue weighted by Gasteiger charge is -2.08. The first kappa shape index (κ1) is 28.8. The second-order valence-electron chi connectivity index (χ2n) is 5.12. The largest absolute Gasteiger partial charge is 0.389 e. The highest BCUT2D eigenvalue weighted by Crippen LogP contribution is 2.36. The molecule has 0 saturated heterocycles. The maximum atomic E-state index is 9.22. The summed E-state index contributed by atoms with van der Waals surface area (Å²) in [4.78, 5) is 18.8. The van der Waals surface area contributed by atoms with Crippen LogP contribution >= 0.6 is 50.7 Å². The number of rotatable bonds is 18. The molecule has 25 heavy (non-hydrogen) atoms. The summed E-state index contributed by atoms with van der Waals surface area (Å²) in [5.74, 6) is 1.23. The fourth-order valence-electron chi connectivity index (χ4n) is 1.49. The lowest BCUT2D eigenvalue weighted by atomic mass is 10.2. The molecule has 1 N–H and O–H groups in total. The van der Waals surface area contributed by atoms with Gasteiger partial charge >= 0.3 is 8.60 Å². The Balaban J connectivity index is 0. The van der Waals surface area contributed by atoms with Gasteiger partial charge in [0.2, 0.25) is 0 Å². The Hall–Kier alpha value is 1.63. The molecule has 0 aromatic rings. The van der Waals surface area contributed by atoms with Crippen molar-refractivity contribution >= 4 is 50.7 Å². The molecule has 0 aliphatic carbocycles. The molecule has 0 bridgehead atoms. The first-order chi connectivity index (χ1) is 12.2. The Morgan fingerprint density at radius 1 is 0.800 bits per heavy atom. The summed E-state index contributed by atoms with van der Waals surface area (Å²) in [6.07, 6.45) is 10.1. The molecule has 10 heteroatoms. The molecule has 0 aliphatic heterocycles. The minimum Gasteiger partial charge on any atom is -0.325 e. The van der Waals surface area contributed by atoms with E-state index in [-0.39, 0.29) is 0 Å². The van der Waals surface area contributed by atoms with Gasteiger partial charge in [-0.2, -0.15) is 9.35 Å². The van der Waals surface area contributed by atoms with Gasteiger partial charge < -0.3 is 4.89 Å². The Bertz CT molecular complexity index is 214. The van der Waals surface area contributed by atoms with Crippen LogP contribution in [0, 0.1) is 0 Å². The molecule has 0 atom stereocenters. The summed E-state index contributed by atoms with van der Waals surface area (Å²) < 4.78 is 9.25. The van der Waals surface area contributed by atoms with Crippen LogP contribution in [0.15, 0.2) is 0 Å². The van der Waals surface area contributed by atoms with Crippen LogP contribution in [-0.4, -0.2) is 23.9 Å². The van der Waals surface area contributed by atoms with Crippen LogP contribution in [0.25, 0.3) is 0 Å². The standard InChI is InChI=1S/C12H27O5P.C3H8S4/c1-3-5-7-9-11-14-16-18(13)17-15-12-10-8-6-4-2;1-2-3-5-7-6-4/h13H,3-12H2,1-2H3;4H,2-3H2,1H3. The number of unbranched alkanes of at least 4 members (excludes halogenated alkanes) is 6. The van der Waals surface area contributed by atoms with Gasteiger partial charge in [-0.1, -0.05) is 81.8 Å². The van der Waals surface area contributed by atoms with Gasteiger partial charge in [-0.15, -0.1) is 0 Å². The third-order valence-electron chi connectivity index (χ3n) is 2.76. The predicted octanol–water partition coefficient (Wildman–Crippen LogP) is 7.53. The van der Waals surface area contributed by atoms with Crippen LogP contribution in [0.2, 0.25) is 0 Å². The van der Waals surface area contributed by atoms with E-state index in [4.69, 9.17) is 9.78 Å². The highest BCUT2D eigenvalue weighted by molar-refractivity contribution is 9.23. The smallest absolute Gasteiger partial charge is 0.325 e. The molecular weight excluding hydrogens is 419 g/mol. The highest BCUT2D eigenvalue weighted by Gasteiger charge is 2.08. The van der Waals surface area contributed by atoms with Crippen molar-refractivity contribution in [1.82, 2.24) is 0 Å². The van der Waals surface area contributed by atoms with Gasteiger partial charge in [-0.25, -0.2) is 9.78 Å². The van der Waals surface area contributed by atoms with E-state index in [9.17, 15) is 4.89 Å². The summed E-state index contributed by atoms with van der Waals surface area (Å²) >= 11 is 3.95. The van der Waals surface area contributed by atoms with Gasteiger partial charge in [-0.05, 0) is 38.9 Å². The molecular formula is C15H35O5PS4. The molecule has 0 aromatic heterocycles. The van der Waals surface area contributed by atoms with E-state index < -0.39 is 8.60 Å². The van der Waals surface area contributed by atoms with Crippen LogP contribution in [0.3, 0.4) is 0 Å². The fraction of sp³-hybridized carbons (Fsp3) is 1.00. The van der Waals surface area contributed by atoms with Crippen molar-refractivity contribution in [2.45, 2.75) is 78.6 Å². The molecule has 0 fully saturated rings. The Morgan fingerprint density at radius 3 is 1.72 bits per heavy atom. The molecule has 0 heterocycles. The molecule has 0 amide bonds. The fourth-order valence-corrected chi connectivity index (χ4v) is 5.12. The van der Waals surface area contributed by atoms with E-state index in [2.05, 4.69) is 41.8 Å². The summed E-state index contributed by atoms with van der Waals surface area (Å²) in [7, 11) is 3.03. The SMILES string of the molecule is CCCCCCOOP(O)OOCCCCCC.CCCSSSS. The lowest BCUT2D eigenvalue weighted by molar-refractivity contribution is -0.267. The zero-order valence-electron chi connectivity index (χ0n) is 15.7. The molecule has 154 valence electrons. The zero-order chi connectivity index (χ0) is 19.0. The molecule has 0 saturated carbocycles. The first-order valence-corrected chi connectivity index (χ1v) is 14.7. The normalized spacial score (nSPS) is 10.8. The maximum Gasteiger partial charge on any atom is 0.389 e. The number of hydrogen-bond donors (Lipinski definition) is 2. The Kier molecular flexibility index (Phi) is 32.1. The summed E-state index contributed by atoms with van der Waals surface area (Å²) in [6.45, 7) is 7.42. The van der Waals surface area contributed by atoms with E-state index in [0.29, 0.717) is 13.2 Å². The zero-order valence-corrected chi connectivity index (χ0v) is 19.9. The van der Waals surface area contributed by atoms with Gasteiger partial charge in [0.05, 0.1) is 13.2 Å². The predicted molar refractivity (Wildman–Crippen MR) is 118 cm³/mol. The van der Waals surface area contributed by atoms with Crippen molar-refractivity contribution in [2.24, 2.45) is 0 Å². The van der Waals surface area contributed by atoms with Crippen molar-refractivity contribution in [2.75, 3.05) is 19.0 Å². The van der Waals surface area contributed by atoms with Crippen molar-refractivity contribution in [3.63, 3.8) is 0 Å². The van der Waals surface area contributed by atoms with Crippen LogP contribution < -0.4 is 0 Å². The molecule has 0 aliphatic rings. The quantitative estimate of drug-likeness (QED) is 0.0550. The van der Waals surface area contributed by atoms with E-state index in [0.717, 1.165) is 25.7 Å². The Morgan fingerprint density at radius 2 is 1.32 bits per heavy atom. The first-order valence-electron chi connectivity index (χ1n) is 8.90. The van der Waals surface area contributed by atoms with Crippen LogP contribution in [0.5, 0.6) is 0 Å². The van der Waals surface area contributed by atoms with E-state index in [1.54, 1.807) is 9.83 Å². The minimum atomic E-state index is -2.07. The van der Waals surface area contributed by atoms with Crippen molar-refractivity contribution in [3.8, 4) is 0 Å². The van der Waals surface area contributed by atoms with Crippen LogP contribution in [-0.2, 0) is 19.1 Å². The van der Waals surface area contributed by atoms with Gasteiger partial charge in [0.1, 0.15) is 0 Å². The topological polar surface area (TPSA) is 57.2 Å². The molecule has 0 radical (unpaired) electrons. The number of thiol groups is 1. The van der Waals surface area contributed by atoms with Gasteiger partial charge in [0.25, 0.3) is 0 Å². The highest BCUT2D eigenvalue weighted by atomic mass is 33.7. The van der Waals surface area contributed by atoms with Gasteiger partial charge in [0, 0.05) is 5.75 Å². The maximum absolute atomic E-state index is 9.22.